The van der Waals surface area contributed by atoms with Crippen molar-refractivity contribution in [2.24, 2.45) is 11.1 Å². The van der Waals surface area contributed by atoms with Gasteiger partial charge in [0.05, 0.1) is 27.7 Å². The normalized spacial score (nSPS) is 27.4. The molecule has 7 heteroatoms. The predicted molar refractivity (Wildman–Crippen MR) is 76.2 cm³/mol. The molecule has 19 heavy (non-hydrogen) atoms. The van der Waals surface area contributed by atoms with E-state index in [-0.39, 0.29) is 18.1 Å². The van der Waals surface area contributed by atoms with E-state index in [0.717, 1.165) is 0 Å². The molecule has 1 aliphatic heterocycles. The maximum Gasteiger partial charge on any atom is 0.151 e. The molecule has 0 aromatic heterocycles. The van der Waals surface area contributed by atoms with Gasteiger partial charge in [-0.15, -0.1) is 0 Å². The average molecular weight is 324 g/mol. The van der Waals surface area contributed by atoms with Crippen molar-refractivity contribution in [1.82, 2.24) is 0 Å². The summed E-state index contributed by atoms with van der Waals surface area (Å²) in [5, 5.41) is 11.2. The van der Waals surface area contributed by atoms with Gasteiger partial charge in [-0.05, 0) is 24.1 Å². The number of halogens is 2. The SMILES string of the molecule is NCC1(C(O)c2ccc(Cl)c(Cl)c2)CCS(=O)(=O)C1. The number of rotatable bonds is 3. The second-order valence-corrected chi connectivity index (χ2v) is 7.98. The Hall–Kier alpha value is -0.330. The molecular formula is C12H15Cl2NO3S. The maximum atomic E-state index is 11.6. The minimum Gasteiger partial charge on any atom is -0.388 e. The van der Waals surface area contributed by atoms with Gasteiger partial charge in [-0.3, -0.25) is 0 Å². The second-order valence-electron chi connectivity index (χ2n) is 4.98. The fourth-order valence-electron chi connectivity index (χ4n) is 2.47. The van der Waals surface area contributed by atoms with E-state index in [1.54, 1.807) is 18.2 Å². The van der Waals surface area contributed by atoms with E-state index < -0.39 is 21.4 Å². The molecule has 0 spiro atoms. The molecule has 0 bridgehead atoms. The summed E-state index contributed by atoms with van der Waals surface area (Å²) < 4.78 is 23.3. The highest BCUT2D eigenvalue weighted by molar-refractivity contribution is 7.91. The molecule has 1 fully saturated rings. The Bertz CT molecular complexity index is 591. The van der Waals surface area contributed by atoms with E-state index in [1.165, 1.54) is 0 Å². The predicted octanol–water partition coefficient (Wildman–Crippen LogP) is 1.79. The molecule has 0 amide bonds. The Morgan fingerprint density at radius 1 is 1.37 bits per heavy atom. The standard InChI is InChI=1S/C12H15Cl2NO3S/c13-9-2-1-8(5-10(9)14)11(16)12(6-15)3-4-19(17,18)7-12/h1-2,5,11,16H,3-4,6-7,15H2. The number of sulfone groups is 1. The van der Waals surface area contributed by atoms with Crippen molar-refractivity contribution in [2.45, 2.75) is 12.5 Å². The summed E-state index contributed by atoms with van der Waals surface area (Å²) in [7, 11) is -3.14. The summed E-state index contributed by atoms with van der Waals surface area (Å²) in [6.07, 6.45) is -0.614. The van der Waals surface area contributed by atoms with Gasteiger partial charge in [-0.25, -0.2) is 8.42 Å². The first-order chi connectivity index (χ1) is 8.80. The number of hydrogen-bond acceptors (Lipinski definition) is 4. The van der Waals surface area contributed by atoms with Crippen molar-refractivity contribution in [3.63, 3.8) is 0 Å². The van der Waals surface area contributed by atoms with Gasteiger partial charge >= 0.3 is 0 Å². The van der Waals surface area contributed by atoms with E-state index in [4.69, 9.17) is 28.9 Å². The van der Waals surface area contributed by atoms with Gasteiger partial charge in [-0.2, -0.15) is 0 Å². The molecule has 1 aliphatic rings. The fraction of sp³-hybridized carbons (Fsp3) is 0.500. The summed E-state index contributed by atoms with van der Waals surface area (Å²) >= 11 is 11.7. The van der Waals surface area contributed by atoms with Gasteiger partial charge in [0.2, 0.25) is 0 Å². The lowest BCUT2D eigenvalue weighted by atomic mass is 9.78. The molecule has 3 N–H and O–H groups in total. The Kier molecular flexibility index (Phi) is 4.14. The molecule has 106 valence electrons. The van der Waals surface area contributed by atoms with E-state index >= 15 is 0 Å². The van der Waals surface area contributed by atoms with E-state index in [1.807, 2.05) is 0 Å². The third-order valence-electron chi connectivity index (χ3n) is 3.66. The zero-order valence-corrected chi connectivity index (χ0v) is 12.5. The summed E-state index contributed by atoms with van der Waals surface area (Å²) in [6.45, 7) is 0.105. The molecule has 1 heterocycles. The first-order valence-corrected chi connectivity index (χ1v) is 8.41. The summed E-state index contributed by atoms with van der Waals surface area (Å²) in [4.78, 5) is 0. The van der Waals surface area contributed by atoms with Crippen LogP contribution in [0.4, 0.5) is 0 Å². The van der Waals surface area contributed by atoms with E-state index in [9.17, 15) is 13.5 Å². The fourth-order valence-corrected chi connectivity index (χ4v) is 4.93. The number of benzene rings is 1. The summed E-state index contributed by atoms with van der Waals surface area (Å²) in [6, 6.07) is 4.77. The van der Waals surface area contributed by atoms with Crippen LogP contribution in [0.5, 0.6) is 0 Å². The zero-order valence-electron chi connectivity index (χ0n) is 10.1. The third-order valence-corrected chi connectivity index (χ3v) is 6.24. The number of aliphatic hydroxyl groups excluding tert-OH is 1. The molecule has 0 saturated carbocycles. The largest absolute Gasteiger partial charge is 0.388 e. The van der Waals surface area contributed by atoms with Crippen LogP contribution in [0.2, 0.25) is 10.0 Å². The van der Waals surface area contributed by atoms with Crippen LogP contribution in [0.3, 0.4) is 0 Å². The van der Waals surface area contributed by atoms with Gasteiger partial charge < -0.3 is 10.8 Å². The van der Waals surface area contributed by atoms with Gasteiger partial charge in [0.15, 0.2) is 9.84 Å². The Morgan fingerprint density at radius 2 is 2.05 bits per heavy atom. The lowest BCUT2D eigenvalue weighted by molar-refractivity contribution is 0.0472. The smallest absolute Gasteiger partial charge is 0.151 e. The highest BCUT2D eigenvalue weighted by atomic mass is 35.5. The molecule has 1 saturated heterocycles. The first kappa shape index (κ1) is 15.1. The molecule has 4 nitrogen and oxygen atoms in total. The minimum absolute atomic E-state index is 0.0581. The molecule has 0 aliphatic carbocycles. The number of nitrogens with two attached hydrogens (primary N) is 1. The molecule has 2 atom stereocenters. The van der Waals surface area contributed by atoms with Crippen LogP contribution in [0.25, 0.3) is 0 Å². The Morgan fingerprint density at radius 3 is 2.53 bits per heavy atom. The van der Waals surface area contributed by atoms with E-state index in [0.29, 0.717) is 22.0 Å². The van der Waals surface area contributed by atoms with Gasteiger partial charge in [-0.1, -0.05) is 29.3 Å². The molecule has 2 unspecified atom stereocenters. The maximum absolute atomic E-state index is 11.6. The molecule has 0 radical (unpaired) electrons. The Labute approximate surface area is 122 Å². The van der Waals surface area contributed by atoms with Crippen LogP contribution < -0.4 is 5.73 Å². The highest BCUT2D eigenvalue weighted by Crippen LogP contribution is 2.43. The zero-order chi connectivity index (χ0) is 14.3. The van der Waals surface area contributed by atoms with Crippen LogP contribution in [-0.2, 0) is 9.84 Å². The Balaban J connectivity index is 2.36. The average Bonchev–Trinajstić information content (AvgIpc) is 2.69. The van der Waals surface area contributed by atoms with Crippen LogP contribution in [0.1, 0.15) is 18.1 Å². The van der Waals surface area contributed by atoms with Crippen molar-refractivity contribution in [3.8, 4) is 0 Å². The van der Waals surface area contributed by atoms with Crippen molar-refractivity contribution in [1.29, 1.82) is 0 Å². The quantitative estimate of drug-likeness (QED) is 0.888. The van der Waals surface area contributed by atoms with Crippen LogP contribution in [0, 0.1) is 5.41 Å². The topological polar surface area (TPSA) is 80.4 Å². The summed E-state index contributed by atoms with van der Waals surface area (Å²) in [5.41, 5.74) is 5.41. The first-order valence-electron chi connectivity index (χ1n) is 5.83. The van der Waals surface area contributed by atoms with Crippen molar-refractivity contribution < 1.29 is 13.5 Å². The van der Waals surface area contributed by atoms with Gasteiger partial charge in [0.1, 0.15) is 0 Å². The third kappa shape index (κ3) is 2.90. The van der Waals surface area contributed by atoms with E-state index in [2.05, 4.69) is 0 Å². The van der Waals surface area contributed by atoms with Crippen molar-refractivity contribution in [2.75, 3.05) is 18.1 Å². The second kappa shape index (κ2) is 5.22. The van der Waals surface area contributed by atoms with Crippen molar-refractivity contribution in [3.05, 3.63) is 33.8 Å². The van der Waals surface area contributed by atoms with Crippen LogP contribution in [-0.4, -0.2) is 31.6 Å². The van der Waals surface area contributed by atoms with Crippen LogP contribution >= 0.6 is 23.2 Å². The van der Waals surface area contributed by atoms with Gasteiger partial charge in [0, 0.05) is 12.0 Å². The number of aliphatic hydroxyl groups is 1. The number of hydrogen-bond donors (Lipinski definition) is 2. The monoisotopic (exact) mass is 323 g/mol. The molecule has 2 rings (SSSR count). The van der Waals surface area contributed by atoms with Crippen molar-refractivity contribution >= 4 is 33.0 Å². The van der Waals surface area contributed by atoms with Crippen LogP contribution in [0.15, 0.2) is 18.2 Å². The molecular weight excluding hydrogens is 309 g/mol. The lowest BCUT2D eigenvalue weighted by Crippen LogP contribution is -2.38. The minimum atomic E-state index is -3.14. The van der Waals surface area contributed by atoms with Gasteiger partial charge in [0.25, 0.3) is 0 Å². The molecule has 1 aromatic rings. The highest BCUT2D eigenvalue weighted by Gasteiger charge is 2.47. The lowest BCUT2D eigenvalue weighted by Gasteiger charge is -2.32. The summed E-state index contributed by atoms with van der Waals surface area (Å²) in [5.74, 6) is -0.0412. The molecule has 1 aromatic carbocycles.